The molecule has 3 fully saturated rings. The minimum atomic E-state index is -5.61. The maximum atomic E-state index is 12.8. The van der Waals surface area contributed by atoms with E-state index in [4.69, 9.17) is 24.0 Å². The molecule has 11 atom stereocenters. The highest BCUT2D eigenvalue weighted by Crippen LogP contribution is 2.61. The molecule has 0 spiro atoms. The number of amides is 4. The first-order valence-corrected chi connectivity index (χ1v) is 24.1. The Morgan fingerprint density at radius 2 is 1.74 bits per heavy atom. The van der Waals surface area contributed by atoms with E-state index in [-0.39, 0.29) is 53.4 Å². The number of nitrogen functional groups attached to an aromatic ring is 1. The van der Waals surface area contributed by atoms with Crippen LogP contribution >= 0.6 is 35.2 Å². The largest absolute Gasteiger partial charge is 0.481 e. The highest BCUT2D eigenvalue weighted by Gasteiger charge is 2.62. The number of aliphatic hydroxyl groups is 2. The zero-order valence-corrected chi connectivity index (χ0v) is 36.4. The molecule has 11 N–H and O–H groups in total. The number of aliphatic hydroxyl groups excluding tert-OH is 2. The van der Waals surface area contributed by atoms with Crippen molar-refractivity contribution < 1.29 is 90.5 Å². The number of fused-ring (bicyclic) bond motifs is 6. The van der Waals surface area contributed by atoms with Gasteiger partial charge in [-0.05, 0) is 24.2 Å². The molecule has 6 rings (SSSR count). The first-order chi connectivity index (χ1) is 28.8. The lowest BCUT2D eigenvalue weighted by molar-refractivity contribution is -0.174. The average molecular weight is 959 g/mol. The monoisotopic (exact) mass is 958 g/mol. The van der Waals surface area contributed by atoms with E-state index in [1.54, 1.807) is 0 Å². The molecule has 2 aliphatic carbocycles. The van der Waals surface area contributed by atoms with Crippen LogP contribution in [0.15, 0.2) is 23.6 Å². The van der Waals surface area contributed by atoms with Crippen molar-refractivity contribution in [2.24, 2.45) is 29.1 Å². The number of nitrogens with one attached hydrogen (secondary N) is 2. The number of nitrogens with zero attached hydrogens (tertiary/aromatic N) is 5. The molecule has 31 heteroatoms. The minimum Gasteiger partial charge on any atom is -0.385 e. The zero-order valence-electron chi connectivity index (χ0n) is 32.9. The van der Waals surface area contributed by atoms with Crippen molar-refractivity contribution in [1.29, 1.82) is 0 Å². The first-order valence-electron chi connectivity index (χ1n) is 18.6. The predicted octanol–water partition coefficient (Wildman–Crippen LogP) is -1.16. The normalized spacial score (nSPS) is 29.7. The van der Waals surface area contributed by atoms with Gasteiger partial charge in [0.2, 0.25) is 11.8 Å². The summed E-state index contributed by atoms with van der Waals surface area (Å²) in [7, 11) is -16.5. The van der Waals surface area contributed by atoms with E-state index in [2.05, 4.69) is 29.9 Å². The van der Waals surface area contributed by atoms with Crippen LogP contribution in [0.4, 0.5) is 5.82 Å². The second-order valence-corrected chi connectivity index (χ2v) is 21.0. The van der Waals surface area contributed by atoms with Crippen molar-refractivity contribution in [3.8, 4) is 0 Å². The number of nitrogens with two attached hydrogens (primary N) is 1. The molecule has 2 saturated heterocycles. The fourth-order valence-electron chi connectivity index (χ4n) is 7.72. The average Bonchev–Trinajstić information content (AvgIpc) is 3.98. The molecule has 2 aliphatic heterocycles. The molecule has 4 aliphatic rings. The number of carbonyl (C=O) groups excluding carboxylic acids is 4. The lowest BCUT2D eigenvalue weighted by Crippen LogP contribution is -2.46. The van der Waals surface area contributed by atoms with Gasteiger partial charge in [-0.3, -0.25) is 42.5 Å². The van der Waals surface area contributed by atoms with Gasteiger partial charge in [-0.2, -0.15) is 9.37 Å². The van der Waals surface area contributed by atoms with E-state index in [0.717, 1.165) is 22.1 Å². The molecule has 0 aromatic carbocycles. The number of hydrogen-bond donors (Lipinski definition) is 10. The Labute approximate surface area is 355 Å². The minimum absolute atomic E-state index is 0.0114. The van der Waals surface area contributed by atoms with Crippen molar-refractivity contribution in [3.63, 3.8) is 0 Å². The summed E-state index contributed by atoms with van der Waals surface area (Å²) in [6, 6.07) is 0. The van der Waals surface area contributed by atoms with Gasteiger partial charge in [0.1, 0.15) is 36.3 Å². The Morgan fingerprint density at radius 1 is 1.06 bits per heavy atom. The van der Waals surface area contributed by atoms with Crippen LogP contribution in [0.5, 0.6) is 0 Å². The molecule has 4 amide bonds. The molecular weight excluding hydrogens is 913 g/mol. The van der Waals surface area contributed by atoms with Crippen LogP contribution in [0.3, 0.4) is 0 Å². The number of anilines is 1. The number of hydroxylamine groups is 2. The molecule has 1 saturated carbocycles. The molecule has 62 heavy (non-hydrogen) atoms. The third kappa shape index (κ3) is 10.2. The van der Waals surface area contributed by atoms with E-state index < -0.39 is 108 Å². The molecular formula is C31H45N8O19P3S. The summed E-state index contributed by atoms with van der Waals surface area (Å²) < 4.78 is 62.9. The third-order valence-electron chi connectivity index (χ3n) is 10.8. The number of phosphoric acid groups is 3. The highest BCUT2D eigenvalue weighted by molar-refractivity contribution is 8.03. The Kier molecular flexibility index (Phi) is 14.0. The Bertz CT molecular complexity index is 2280. The number of aromatic nitrogens is 4. The van der Waals surface area contributed by atoms with Crippen LogP contribution in [-0.2, 0) is 61.2 Å². The number of carbonyl (C=O) groups is 4. The number of rotatable bonds is 20. The summed E-state index contributed by atoms with van der Waals surface area (Å²) in [5.74, 6) is -3.63. The molecule has 0 radical (unpaired) electrons. The van der Waals surface area contributed by atoms with Crippen molar-refractivity contribution in [2.75, 3.05) is 37.8 Å². The summed E-state index contributed by atoms with van der Waals surface area (Å²) >= 11 is 1.43. The van der Waals surface area contributed by atoms with E-state index in [9.17, 15) is 67.9 Å². The van der Waals surface area contributed by atoms with Gasteiger partial charge in [0, 0.05) is 36.6 Å². The number of allylic oxidation sites excluding steroid dienone is 2. The Balaban J connectivity index is 0.930. The van der Waals surface area contributed by atoms with E-state index in [0.29, 0.717) is 12.2 Å². The van der Waals surface area contributed by atoms with Crippen molar-refractivity contribution in [1.82, 2.24) is 35.2 Å². The van der Waals surface area contributed by atoms with Crippen molar-refractivity contribution in [2.45, 2.75) is 63.8 Å². The summed E-state index contributed by atoms with van der Waals surface area (Å²) in [4.78, 5) is 102. The predicted molar refractivity (Wildman–Crippen MR) is 207 cm³/mol. The SMILES string of the molecule is CC(C)(COP(=O)(O)OP(=O)(O)OCC1OC(C)(n2cnc3c(N)ncnc32)C(O)C1OP(=O)(O)O)C(O)C(=O)NCCC(=O)NCCSC1=CC2CC1[C@@H]1C(=O)N(O)C(=O)[C@H]21. The quantitative estimate of drug-likeness (QED) is 0.0324. The standard InChI is InChI=1S/C31H45N8O19P3S/c1-30(2,24(42)27(43)34-5-4-18(40)33-6-7-62-17-9-14-8-15(17)20-19(14)28(44)39(46)29(20)45)11-55-61(52,53)58-60(50,51)54-10-16-22(57-59(47,48)49)23(41)31(3,56-16)38-13-37-21-25(32)35-12-36-26(21)38/h9,12-16,19-20,22-24,41-42,46H,4-8,10-11H2,1-3H3,(H,33,40)(H,34,43)(H,50,51)(H,52,53)(H2,32,35,36)(H2,47,48,49)/t14?,15?,16?,19-,20+,22?,23?,24?,31?/m1/s1. The molecule has 9 unspecified atom stereocenters. The lowest BCUT2D eigenvalue weighted by atomic mass is 9.85. The van der Waals surface area contributed by atoms with Crippen molar-refractivity contribution >= 4 is 75.8 Å². The van der Waals surface area contributed by atoms with Gasteiger partial charge in [0.25, 0.3) is 11.8 Å². The zero-order chi connectivity index (χ0) is 45.7. The first kappa shape index (κ1) is 48.2. The van der Waals surface area contributed by atoms with E-state index in [1.807, 2.05) is 6.08 Å². The molecule has 4 heterocycles. The summed E-state index contributed by atoms with van der Waals surface area (Å²) in [5, 5.41) is 36.8. The van der Waals surface area contributed by atoms with Crippen LogP contribution < -0.4 is 16.4 Å². The number of hydrogen-bond acceptors (Lipinski definition) is 20. The second kappa shape index (κ2) is 18.0. The summed E-state index contributed by atoms with van der Waals surface area (Å²) in [5.41, 5.74) is 2.26. The molecule has 27 nitrogen and oxygen atoms in total. The molecule has 2 aromatic heterocycles. The number of imide groups is 1. The fraction of sp³-hybridized carbons (Fsp3) is 0.645. The van der Waals surface area contributed by atoms with E-state index in [1.165, 1.54) is 32.5 Å². The molecule has 2 aromatic rings. The highest BCUT2D eigenvalue weighted by atomic mass is 32.2. The van der Waals surface area contributed by atoms with Gasteiger partial charge in [0.05, 0.1) is 31.4 Å². The maximum absolute atomic E-state index is 12.8. The smallest absolute Gasteiger partial charge is 0.385 e. The summed E-state index contributed by atoms with van der Waals surface area (Å²) in [6.45, 7) is 1.68. The fourth-order valence-corrected chi connectivity index (χ4v) is 11.7. The Hall–Kier alpha value is -3.27. The van der Waals surface area contributed by atoms with Crippen LogP contribution in [-0.4, -0.2) is 140 Å². The summed E-state index contributed by atoms with van der Waals surface area (Å²) in [6.07, 6.45) is -3.00. The van der Waals surface area contributed by atoms with Gasteiger partial charge < -0.3 is 50.9 Å². The van der Waals surface area contributed by atoms with Gasteiger partial charge in [-0.25, -0.2) is 28.6 Å². The number of imidazole rings is 1. The van der Waals surface area contributed by atoms with Crippen molar-refractivity contribution in [3.05, 3.63) is 23.6 Å². The van der Waals surface area contributed by atoms with Gasteiger partial charge >= 0.3 is 23.5 Å². The third-order valence-corrected chi connectivity index (χ3v) is 15.1. The maximum Gasteiger partial charge on any atom is 0.481 e. The van der Waals surface area contributed by atoms with E-state index >= 15 is 0 Å². The topological polar surface area (TPSA) is 404 Å². The molecule has 2 bridgehead atoms. The van der Waals surface area contributed by atoms with Gasteiger partial charge in [0.15, 0.2) is 17.2 Å². The molecule has 344 valence electrons. The van der Waals surface area contributed by atoms with Crippen LogP contribution in [0.25, 0.3) is 11.2 Å². The number of phosphoric ester groups is 3. The van der Waals surface area contributed by atoms with Crippen LogP contribution in [0.1, 0.15) is 33.6 Å². The number of thioether (sulfide) groups is 1. The Morgan fingerprint density at radius 3 is 2.44 bits per heavy atom. The lowest BCUT2D eigenvalue weighted by Gasteiger charge is -2.30. The second-order valence-electron chi connectivity index (χ2n) is 15.6. The number of ether oxygens (including phenoxy) is 1. The van der Waals surface area contributed by atoms with Gasteiger partial charge in [-0.1, -0.05) is 19.9 Å². The van der Waals surface area contributed by atoms with Crippen LogP contribution in [0, 0.1) is 29.1 Å². The van der Waals surface area contributed by atoms with Gasteiger partial charge in [-0.15, -0.1) is 11.8 Å². The van der Waals surface area contributed by atoms with Crippen LogP contribution in [0.2, 0.25) is 0 Å².